The summed E-state index contributed by atoms with van der Waals surface area (Å²) in [6, 6.07) is 3.78. The highest BCUT2D eigenvalue weighted by Crippen LogP contribution is 2.36. The summed E-state index contributed by atoms with van der Waals surface area (Å²) in [5.74, 6) is 0.910. The van der Waals surface area contributed by atoms with Gasteiger partial charge in [0.25, 0.3) is 0 Å². The van der Waals surface area contributed by atoms with E-state index in [9.17, 15) is 4.79 Å². The summed E-state index contributed by atoms with van der Waals surface area (Å²) in [6.07, 6.45) is 6.84. The first-order valence-electron chi connectivity index (χ1n) is 7.22. The molecule has 1 aliphatic carbocycles. The first kappa shape index (κ1) is 14.8. The van der Waals surface area contributed by atoms with Crippen LogP contribution in [-0.2, 0) is 4.79 Å². The summed E-state index contributed by atoms with van der Waals surface area (Å²) < 4.78 is 0. The number of amides is 1. The topological polar surface area (TPSA) is 71.2 Å². The van der Waals surface area contributed by atoms with Gasteiger partial charge in [-0.2, -0.15) is 0 Å². The van der Waals surface area contributed by atoms with E-state index in [0.29, 0.717) is 6.54 Å². The molecule has 1 heterocycles. The fourth-order valence-electron chi connectivity index (χ4n) is 2.74. The van der Waals surface area contributed by atoms with Gasteiger partial charge in [0.1, 0.15) is 5.82 Å². The fourth-order valence-corrected chi connectivity index (χ4v) is 2.74. The van der Waals surface area contributed by atoms with Gasteiger partial charge in [0.15, 0.2) is 0 Å². The Bertz CT molecular complexity index is 449. The molecule has 0 aromatic carbocycles. The van der Waals surface area contributed by atoms with Gasteiger partial charge in [0.2, 0.25) is 5.91 Å². The van der Waals surface area contributed by atoms with Gasteiger partial charge in [-0.25, -0.2) is 4.98 Å². The molecule has 3 N–H and O–H groups in total. The average molecular weight is 276 g/mol. The Labute approximate surface area is 120 Å². The zero-order valence-electron chi connectivity index (χ0n) is 12.4. The summed E-state index contributed by atoms with van der Waals surface area (Å²) in [7, 11) is 3.87. The highest BCUT2D eigenvalue weighted by molar-refractivity contribution is 5.95. The van der Waals surface area contributed by atoms with Crippen molar-refractivity contribution in [3.8, 4) is 0 Å². The molecule has 5 heteroatoms. The Morgan fingerprint density at radius 1 is 1.35 bits per heavy atom. The van der Waals surface area contributed by atoms with Crippen molar-refractivity contribution in [2.24, 2.45) is 11.1 Å². The molecule has 110 valence electrons. The molecule has 0 atom stereocenters. The van der Waals surface area contributed by atoms with Gasteiger partial charge >= 0.3 is 0 Å². The van der Waals surface area contributed by atoms with Crippen LogP contribution in [0.1, 0.15) is 32.1 Å². The van der Waals surface area contributed by atoms with Crippen molar-refractivity contribution in [2.45, 2.75) is 32.1 Å². The van der Waals surface area contributed by atoms with E-state index in [1.165, 1.54) is 6.42 Å². The maximum absolute atomic E-state index is 12.5. The van der Waals surface area contributed by atoms with Crippen molar-refractivity contribution in [2.75, 3.05) is 30.9 Å². The predicted octanol–water partition coefficient (Wildman–Crippen LogP) is 2.00. The van der Waals surface area contributed by atoms with E-state index >= 15 is 0 Å². The minimum Gasteiger partial charge on any atom is -0.363 e. The number of aromatic nitrogens is 1. The third-order valence-electron chi connectivity index (χ3n) is 4.15. The summed E-state index contributed by atoms with van der Waals surface area (Å²) in [5.41, 5.74) is 6.22. The molecule has 20 heavy (non-hydrogen) atoms. The maximum Gasteiger partial charge on any atom is 0.231 e. The highest BCUT2D eigenvalue weighted by Gasteiger charge is 2.38. The molecule has 5 nitrogen and oxygen atoms in total. The monoisotopic (exact) mass is 276 g/mol. The van der Waals surface area contributed by atoms with Gasteiger partial charge in [-0.05, 0) is 25.0 Å². The van der Waals surface area contributed by atoms with E-state index in [4.69, 9.17) is 5.73 Å². The third-order valence-corrected chi connectivity index (χ3v) is 4.15. The smallest absolute Gasteiger partial charge is 0.231 e. The molecular formula is C15H24N4O. The predicted molar refractivity (Wildman–Crippen MR) is 81.8 cm³/mol. The summed E-state index contributed by atoms with van der Waals surface area (Å²) in [4.78, 5) is 18.7. The van der Waals surface area contributed by atoms with Crippen LogP contribution in [0.15, 0.2) is 18.3 Å². The van der Waals surface area contributed by atoms with Crippen molar-refractivity contribution in [3.63, 3.8) is 0 Å². The minimum absolute atomic E-state index is 0.0408. The first-order valence-corrected chi connectivity index (χ1v) is 7.22. The second-order valence-corrected chi connectivity index (χ2v) is 5.80. The zero-order chi connectivity index (χ0) is 14.6. The molecule has 1 aromatic rings. The second-order valence-electron chi connectivity index (χ2n) is 5.80. The fraction of sp³-hybridized carbons (Fsp3) is 0.600. The van der Waals surface area contributed by atoms with Crippen LogP contribution in [0.3, 0.4) is 0 Å². The quantitative estimate of drug-likeness (QED) is 0.882. The van der Waals surface area contributed by atoms with Crippen LogP contribution in [0.2, 0.25) is 0 Å². The van der Waals surface area contributed by atoms with Crippen LogP contribution in [0.25, 0.3) is 0 Å². The number of hydrogen-bond acceptors (Lipinski definition) is 4. The van der Waals surface area contributed by atoms with Gasteiger partial charge in [-0.1, -0.05) is 19.3 Å². The molecular weight excluding hydrogens is 252 g/mol. The van der Waals surface area contributed by atoms with Gasteiger partial charge in [0, 0.05) is 20.6 Å². The molecule has 0 aliphatic heterocycles. The summed E-state index contributed by atoms with van der Waals surface area (Å²) >= 11 is 0. The van der Waals surface area contributed by atoms with Crippen molar-refractivity contribution >= 4 is 17.4 Å². The Hall–Kier alpha value is -1.62. The van der Waals surface area contributed by atoms with Crippen LogP contribution >= 0.6 is 0 Å². The van der Waals surface area contributed by atoms with Gasteiger partial charge in [-0.3, -0.25) is 4.79 Å². The molecule has 1 aromatic heterocycles. The van der Waals surface area contributed by atoms with Crippen molar-refractivity contribution in [1.82, 2.24) is 4.98 Å². The third kappa shape index (κ3) is 3.10. The summed E-state index contributed by atoms with van der Waals surface area (Å²) in [5, 5.41) is 2.97. The number of pyridine rings is 1. The number of hydrogen-bond donors (Lipinski definition) is 2. The Kier molecular flexibility index (Phi) is 4.60. The highest BCUT2D eigenvalue weighted by atomic mass is 16.2. The number of nitrogens with zero attached hydrogens (tertiary/aromatic N) is 2. The molecule has 0 bridgehead atoms. The van der Waals surface area contributed by atoms with E-state index in [1.807, 2.05) is 31.1 Å². The number of carbonyl (C=O) groups excluding carboxylic acids is 1. The van der Waals surface area contributed by atoms with Gasteiger partial charge in [0.05, 0.1) is 17.3 Å². The zero-order valence-corrected chi connectivity index (χ0v) is 12.4. The molecule has 0 unspecified atom stereocenters. The molecule has 0 saturated heterocycles. The SMILES string of the molecule is CN(C)c1ccc(NC(=O)C2(CN)CCCCC2)cn1. The lowest BCUT2D eigenvalue weighted by Crippen LogP contribution is -2.43. The van der Waals surface area contributed by atoms with Crippen LogP contribution in [0, 0.1) is 5.41 Å². The number of anilines is 2. The second kappa shape index (κ2) is 6.22. The van der Waals surface area contributed by atoms with E-state index in [1.54, 1.807) is 6.20 Å². The molecule has 1 fully saturated rings. The lowest BCUT2D eigenvalue weighted by molar-refractivity contribution is -0.126. The van der Waals surface area contributed by atoms with Crippen LogP contribution in [0.5, 0.6) is 0 Å². The number of nitrogens with two attached hydrogens (primary N) is 1. The van der Waals surface area contributed by atoms with Crippen LogP contribution < -0.4 is 16.0 Å². The number of carbonyl (C=O) groups is 1. The Balaban J connectivity index is 2.06. The van der Waals surface area contributed by atoms with E-state index < -0.39 is 5.41 Å². The molecule has 1 saturated carbocycles. The van der Waals surface area contributed by atoms with E-state index in [2.05, 4.69) is 10.3 Å². The first-order chi connectivity index (χ1) is 9.57. The van der Waals surface area contributed by atoms with Crippen molar-refractivity contribution < 1.29 is 4.79 Å². The maximum atomic E-state index is 12.5. The van der Waals surface area contributed by atoms with Crippen molar-refractivity contribution in [1.29, 1.82) is 0 Å². The largest absolute Gasteiger partial charge is 0.363 e. The minimum atomic E-state index is -0.390. The number of rotatable bonds is 4. The van der Waals surface area contributed by atoms with Crippen LogP contribution in [0.4, 0.5) is 11.5 Å². The molecule has 0 radical (unpaired) electrons. The van der Waals surface area contributed by atoms with E-state index in [0.717, 1.165) is 37.2 Å². The standard InChI is InChI=1S/C15H24N4O/c1-19(2)13-7-6-12(10-17-13)18-14(20)15(11-16)8-4-3-5-9-15/h6-7,10H,3-5,8-9,11,16H2,1-2H3,(H,18,20). The molecule has 2 rings (SSSR count). The van der Waals surface area contributed by atoms with Gasteiger partial charge < -0.3 is 16.0 Å². The summed E-state index contributed by atoms with van der Waals surface area (Å²) in [6.45, 7) is 0.419. The Morgan fingerprint density at radius 2 is 2.05 bits per heavy atom. The molecule has 1 amide bonds. The van der Waals surface area contributed by atoms with Gasteiger partial charge in [-0.15, -0.1) is 0 Å². The van der Waals surface area contributed by atoms with E-state index in [-0.39, 0.29) is 5.91 Å². The lowest BCUT2D eigenvalue weighted by Gasteiger charge is -2.34. The average Bonchev–Trinajstić information content (AvgIpc) is 2.48. The Morgan fingerprint density at radius 3 is 2.55 bits per heavy atom. The van der Waals surface area contributed by atoms with Crippen LogP contribution in [-0.4, -0.2) is 31.5 Å². The molecule has 1 aliphatic rings. The lowest BCUT2D eigenvalue weighted by atomic mass is 9.73. The van der Waals surface area contributed by atoms with Crippen molar-refractivity contribution in [3.05, 3.63) is 18.3 Å². The molecule has 0 spiro atoms. The number of nitrogens with one attached hydrogen (secondary N) is 1. The normalized spacial score (nSPS) is 17.6.